The van der Waals surface area contributed by atoms with Crippen molar-refractivity contribution in [2.75, 3.05) is 25.5 Å². The van der Waals surface area contributed by atoms with Gasteiger partial charge in [0, 0.05) is 31.0 Å². The molecule has 1 atom stereocenters. The normalized spacial score (nSPS) is 11.2. The van der Waals surface area contributed by atoms with Crippen LogP contribution < -0.4 is 5.32 Å². The third-order valence-corrected chi connectivity index (χ3v) is 7.38. The molecule has 0 bridgehead atoms. The number of nitrogens with one attached hydrogen (secondary N) is 1. The lowest BCUT2D eigenvalue weighted by molar-refractivity contribution is -0.157. The summed E-state index contributed by atoms with van der Waals surface area (Å²) < 4.78 is 11.0. The topological polar surface area (TPSA) is 119 Å². The molecule has 13 heteroatoms. The highest BCUT2D eigenvalue weighted by molar-refractivity contribution is 14.1. The largest absolute Gasteiger partial charge is 0.462 e. The van der Waals surface area contributed by atoms with Crippen LogP contribution in [-0.4, -0.2) is 60.2 Å². The number of anilines is 1. The van der Waals surface area contributed by atoms with E-state index in [4.69, 9.17) is 21.1 Å². The van der Waals surface area contributed by atoms with Gasteiger partial charge in [0.05, 0.1) is 30.4 Å². The molecule has 1 N–H and O–H groups in total. The number of carbonyl (C=O) groups excluding carboxylic acids is 5. The van der Waals surface area contributed by atoms with Crippen LogP contribution in [0.5, 0.6) is 0 Å². The SMILES string of the molecule is C=CCN(C)C(=O)c1c(I)c(NC(=O)CC(COC(C)=O)OC(C)=O)c(I)c(C(=O)Cl)c1I. The Morgan fingerprint density at radius 2 is 1.64 bits per heavy atom. The number of halogens is 4. The smallest absolute Gasteiger partial charge is 0.303 e. The zero-order chi connectivity index (χ0) is 25.5. The van der Waals surface area contributed by atoms with Crippen LogP contribution in [0.2, 0.25) is 0 Å². The van der Waals surface area contributed by atoms with Crippen molar-refractivity contribution in [1.82, 2.24) is 4.90 Å². The molecule has 0 fully saturated rings. The third kappa shape index (κ3) is 8.61. The van der Waals surface area contributed by atoms with Gasteiger partial charge in [-0.2, -0.15) is 0 Å². The average Bonchev–Trinajstić information content (AvgIpc) is 2.68. The van der Waals surface area contributed by atoms with E-state index in [1.807, 2.05) is 67.8 Å². The predicted molar refractivity (Wildman–Crippen MR) is 147 cm³/mol. The maximum atomic E-state index is 13.0. The number of carbonyl (C=O) groups is 5. The number of esters is 2. The van der Waals surface area contributed by atoms with Crippen molar-refractivity contribution >= 4 is 114 Å². The van der Waals surface area contributed by atoms with Gasteiger partial charge < -0.3 is 19.7 Å². The van der Waals surface area contributed by atoms with Crippen LogP contribution in [0.1, 0.15) is 41.0 Å². The lowest BCUT2D eigenvalue weighted by Crippen LogP contribution is -2.31. The van der Waals surface area contributed by atoms with Crippen LogP contribution in [0.3, 0.4) is 0 Å². The number of hydrogen-bond acceptors (Lipinski definition) is 7. The standard InChI is InChI=1S/C20H20ClI3N2O7/c1-5-6-26(4)20(31)14-15(22)13(19(21)30)16(23)18(17(14)24)25-12(29)7-11(33-10(3)28)8-32-9(2)27/h5,11H,1,6-8H2,2-4H3,(H,25,29). The van der Waals surface area contributed by atoms with Crippen molar-refractivity contribution in [3.8, 4) is 0 Å². The van der Waals surface area contributed by atoms with E-state index in [1.54, 1.807) is 13.1 Å². The van der Waals surface area contributed by atoms with Gasteiger partial charge in [0.1, 0.15) is 12.7 Å². The molecule has 1 aromatic rings. The van der Waals surface area contributed by atoms with Gasteiger partial charge >= 0.3 is 11.9 Å². The maximum absolute atomic E-state index is 13.0. The summed E-state index contributed by atoms with van der Waals surface area (Å²) in [5.74, 6) is -2.21. The van der Waals surface area contributed by atoms with E-state index in [0.717, 1.165) is 0 Å². The molecule has 180 valence electrons. The van der Waals surface area contributed by atoms with Gasteiger partial charge in [-0.1, -0.05) is 6.08 Å². The Kier molecular flexibility index (Phi) is 12.5. The van der Waals surface area contributed by atoms with E-state index in [0.29, 0.717) is 10.7 Å². The van der Waals surface area contributed by atoms with Crippen molar-refractivity contribution in [1.29, 1.82) is 0 Å². The molecule has 0 spiro atoms. The Balaban J connectivity index is 3.41. The zero-order valence-corrected chi connectivity index (χ0v) is 25.0. The van der Waals surface area contributed by atoms with Crippen molar-refractivity contribution in [3.05, 3.63) is 34.5 Å². The fraction of sp³-hybridized carbons (Fsp3) is 0.350. The Labute approximate surface area is 236 Å². The Hall–Kier alpha value is -1.01. The van der Waals surface area contributed by atoms with Crippen LogP contribution in [0.4, 0.5) is 5.69 Å². The summed E-state index contributed by atoms with van der Waals surface area (Å²) in [5, 5.41) is 1.88. The minimum absolute atomic E-state index is 0.0837. The number of benzene rings is 1. The first-order valence-electron chi connectivity index (χ1n) is 9.18. The van der Waals surface area contributed by atoms with Crippen LogP contribution in [0.15, 0.2) is 12.7 Å². The van der Waals surface area contributed by atoms with Crippen LogP contribution in [-0.2, 0) is 23.9 Å². The van der Waals surface area contributed by atoms with E-state index >= 15 is 0 Å². The van der Waals surface area contributed by atoms with Gasteiger partial charge in [-0.25, -0.2) is 0 Å². The molecule has 0 aliphatic carbocycles. The third-order valence-electron chi connectivity index (χ3n) is 3.96. The summed E-state index contributed by atoms with van der Waals surface area (Å²) in [6, 6.07) is 0. The molecule has 33 heavy (non-hydrogen) atoms. The fourth-order valence-electron chi connectivity index (χ4n) is 2.58. The first kappa shape index (κ1) is 30.0. The molecular weight excluding hydrogens is 796 g/mol. The zero-order valence-electron chi connectivity index (χ0n) is 17.8. The predicted octanol–water partition coefficient (Wildman–Crippen LogP) is 3.96. The van der Waals surface area contributed by atoms with Gasteiger partial charge in [0.15, 0.2) is 0 Å². The molecule has 1 rings (SSSR count). The lowest BCUT2D eigenvalue weighted by atomic mass is 10.1. The van der Waals surface area contributed by atoms with E-state index < -0.39 is 29.2 Å². The van der Waals surface area contributed by atoms with Gasteiger partial charge in [-0.3, -0.25) is 24.0 Å². The number of nitrogens with zero attached hydrogens (tertiary/aromatic N) is 1. The molecule has 0 saturated carbocycles. The molecule has 0 heterocycles. The second-order valence-corrected chi connectivity index (χ2v) is 10.2. The average molecular weight is 817 g/mol. The molecule has 9 nitrogen and oxygen atoms in total. The quantitative estimate of drug-likeness (QED) is 0.165. The molecule has 2 amide bonds. The summed E-state index contributed by atoms with van der Waals surface area (Å²) in [5.41, 5.74) is 0.507. The summed E-state index contributed by atoms with van der Waals surface area (Å²) >= 11 is 11.5. The molecule has 0 aliphatic heterocycles. The van der Waals surface area contributed by atoms with Crippen molar-refractivity contribution in [2.24, 2.45) is 0 Å². The van der Waals surface area contributed by atoms with Crippen LogP contribution in [0.25, 0.3) is 0 Å². The van der Waals surface area contributed by atoms with Crippen LogP contribution in [0, 0.1) is 10.7 Å². The van der Waals surface area contributed by atoms with Gasteiger partial charge in [-0.05, 0) is 79.4 Å². The molecule has 1 unspecified atom stereocenters. The minimum atomic E-state index is -1.01. The summed E-state index contributed by atoms with van der Waals surface area (Å²) in [6.07, 6.45) is 0.216. The molecular formula is C20H20ClI3N2O7. The molecule has 1 aromatic carbocycles. The monoisotopic (exact) mass is 816 g/mol. The van der Waals surface area contributed by atoms with Crippen molar-refractivity contribution in [3.63, 3.8) is 0 Å². The number of ether oxygens (including phenoxy) is 2. The Morgan fingerprint density at radius 1 is 1.06 bits per heavy atom. The number of hydrogen-bond donors (Lipinski definition) is 1. The summed E-state index contributed by atoms with van der Waals surface area (Å²) in [6.45, 7) is 5.93. The minimum Gasteiger partial charge on any atom is -0.462 e. The molecule has 0 aromatic heterocycles. The van der Waals surface area contributed by atoms with E-state index in [2.05, 4.69) is 11.9 Å². The van der Waals surface area contributed by atoms with Crippen molar-refractivity contribution < 1.29 is 33.4 Å². The summed E-state index contributed by atoms with van der Waals surface area (Å²) in [4.78, 5) is 61.8. The first-order chi connectivity index (χ1) is 15.3. The fourth-order valence-corrected chi connectivity index (χ4v) is 7.47. The Morgan fingerprint density at radius 3 is 2.12 bits per heavy atom. The summed E-state index contributed by atoms with van der Waals surface area (Å²) in [7, 11) is 1.58. The van der Waals surface area contributed by atoms with E-state index in [9.17, 15) is 24.0 Å². The molecule has 0 aliphatic rings. The van der Waals surface area contributed by atoms with Gasteiger partial charge in [-0.15, -0.1) is 6.58 Å². The highest BCUT2D eigenvalue weighted by Gasteiger charge is 2.29. The molecule has 0 saturated heterocycles. The van der Waals surface area contributed by atoms with Gasteiger partial charge in [0.2, 0.25) is 5.91 Å². The van der Waals surface area contributed by atoms with E-state index in [-0.39, 0.29) is 42.3 Å². The number of likely N-dealkylation sites (N-methyl/N-ethyl adjacent to an activating group) is 1. The highest BCUT2D eigenvalue weighted by atomic mass is 127. The highest BCUT2D eigenvalue weighted by Crippen LogP contribution is 2.37. The maximum Gasteiger partial charge on any atom is 0.303 e. The molecule has 0 radical (unpaired) electrons. The second kappa shape index (κ2) is 13.8. The Bertz CT molecular complexity index is 1000. The van der Waals surface area contributed by atoms with Crippen molar-refractivity contribution in [2.45, 2.75) is 26.4 Å². The first-order valence-corrected chi connectivity index (χ1v) is 12.8. The number of amides is 2. The van der Waals surface area contributed by atoms with Gasteiger partial charge in [0.25, 0.3) is 11.1 Å². The second-order valence-electron chi connectivity index (χ2n) is 6.60. The van der Waals surface area contributed by atoms with Crippen LogP contribution >= 0.6 is 79.4 Å². The van der Waals surface area contributed by atoms with E-state index in [1.165, 1.54) is 18.7 Å². The lowest BCUT2D eigenvalue weighted by Gasteiger charge is -2.22. The number of rotatable bonds is 10.